The SMILES string of the molecule is Cc1cc(C(=O)NC2(CCl)CCC(C)CC2)sc1C. The van der Waals surface area contributed by atoms with Crippen molar-refractivity contribution in [1.82, 2.24) is 5.32 Å². The predicted octanol–water partition coefficient (Wildman–Crippen LogP) is 4.28. The minimum atomic E-state index is -0.197. The summed E-state index contributed by atoms with van der Waals surface area (Å²) in [6.45, 7) is 6.37. The second kappa shape index (κ2) is 5.84. The number of nitrogens with one attached hydrogen (secondary N) is 1. The molecular weight excluding hydrogens is 278 g/mol. The van der Waals surface area contributed by atoms with E-state index in [1.165, 1.54) is 10.4 Å². The molecule has 4 heteroatoms. The number of aryl methyl sites for hydroxylation is 2. The lowest BCUT2D eigenvalue weighted by Gasteiger charge is -2.38. The fourth-order valence-corrected chi connectivity index (χ4v) is 3.86. The Bertz CT molecular complexity index is 441. The van der Waals surface area contributed by atoms with Crippen LogP contribution in [-0.2, 0) is 0 Å². The number of hydrogen-bond acceptors (Lipinski definition) is 2. The average molecular weight is 300 g/mol. The first-order valence-corrected chi connectivity index (χ1v) is 8.26. The summed E-state index contributed by atoms with van der Waals surface area (Å²) in [4.78, 5) is 14.4. The molecule has 1 fully saturated rings. The number of carbonyl (C=O) groups excluding carboxylic acids is 1. The lowest BCUT2D eigenvalue weighted by molar-refractivity contribution is 0.0876. The maximum Gasteiger partial charge on any atom is 0.261 e. The van der Waals surface area contributed by atoms with Gasteiger partial charge in [0.1, 0.15) is 0 Å². The molecule has 1 aromatic rings. The van der Waals surface area contributed by atoms with Crippen LogP contribution in [-0.4, -0.2) is 17.3 Å². The van der Waals surface area contributed by atoms with Crippen molar-refractivity contribution in [3.63, 3.8) is 0 Å². The number of halogens is 1. The van der Waals surface area contributed by atoms with Crippen LogP contribution in [0.2, 0.25) is 0 Å². The number of rotatable bonds is 3. The maximum atomic E-state index is 12.4. The highest BCUT2D eigenvalue weighted by Gasteiger charge is 2.35. The predicted molar refractivity (Wildman–Crippen MR) is 82.3 cm³/mol. The number of alkyl halides is 1. The van der Waals surface area contributed by atoms with Gasteiger partial charge in [0.05, 0.1) is 10.4 Å². The Labute approximate surface area is 124 Å². The van der Waals surface area contributed by atoms with Crippen molar-refractivity contribution in [1.29, 1.82) is 0 Å². The molecule has 0 spiro atoms. The molecule has 1 amide bonds. The van der Waals surface area contributed by atoms with Gasteiger partial charge < -0.3 is 5.32 Å². The zero-order chi connectivity index (χ0) is 14.0. The molecule has 19 heavy (non-hydrogen) atoms. The van der Waals surface area contributed by atoms with Gasteiger partial charge in [-0.05, 0) is 57.1 Å². The largest absolute Gasteiger partial charge is 0.345 e. The zero-order valence-corrected chi connectivity index (χ0v) is 13.5. The van der Waals surface area contributed by atoms with Crippen LogP contribution in [0.4, 0.5) is 0 Å². The second-order valence-corrected chi connectivity index (χ2v) is 7.42. The van der Waals surface area contributed by atoms with E-state index in [0.717, 1.165) is 36.5 Å². The van der Waals surface area contributed by atoms with Crippen LogP contribution in [0, 0.1) is 19.8 Å². The highest BCUT2D eigenvalue weighted by molar-refractivity contribution is 7.14. The molecule has 2 rings (SSSR count). The monoisotopic (exact) mass is 299 g/mol. The Hall–Kier alpha value is -0.540. The number of hydrogen-bond donors (Lipinski definition) is 1. The topological polar surface area (TPSA) is 29.1 Å². The maximum absolute atomic E-state index is 12.4. The molecule has 1 aliphatic carbocycles. The van der Waals surface area contributed by atoms with Crippen molar-refractivity contribution >= 4 is 28.8 Å². The van der Waals surface area contributed by atoms with E-state index in [1.54, 1.807) is 11.3 Å². The molecule has 0 unspecified atom stereocenters. The van der Waals surface area contributed by atoms with Crippen molar-refractivity contribution in [3.05, 3.63) is 21.4 Å². The van der Waals surface area contributed by atoms with Gasteiger partial charge in [-0.1, -0.05) is 6.92 Å². The van der Waals surface area contributed by atoms with E-state index in [2.05, 4.69) is 19.2 Å². The summed E-state index contributed by atoms with van der Waals surface area (Å²) in [6.07, 6.45) is 4.28. The molecule has 1 aliphatic rings. The van der Waals surface area contributed by atoms with Crippen molar-refractivity contribution in [2.45, 2.75) is 52.0 Å². The highest BCUT2D eigenvalue weighted by Crippen LogP contribution is 2.33. The van der Waals surface area contributed by atoms with Crippen LogP contribution in [0.5, 0.6) is 0 Å². The molecule has 0 bridgehead atoms. The molecular formula is C15H22ClNOS. The third-order valence-corrected chi connectivity index (χ3v) is 5.92. The molecule has 1 saturated carbocycles. The van der Waals surface area contributed by atoms with E-state index in [0.29, 0.717) is 5.88 Å². The summed E-state index contributed by atoms with van der Waals surface area (Å²) in [5.41, 5.74) is 0.990. The molecule has 1 heterocycles. The summed E-state index contributed by atoms with van der Waals surface area (Å²) >= 11 is 7.71. The Morgan fingerprint density at radius 2 is 2.11 bits per heavy atom. The number of amides is 1. The molecule has 106 valence electrons. The van der Waals surface area contributed by atoms with Crippen molar-refractivity contribution in [3.8, 4) is 0 Å². The summed E-state index contributed by atoms with van der Waals surface area (Å²) in [7, 11) is 0. The Morgan fingerprint density at radius 3 is 2.58 bits per heavy atom. The molecule has 0 aromatic carbocycles. The molecule has 1 aromatic heterocycles. The highest BCUT2D eigenvalue weighted by atomic mass is 35.5. The van der Waals surface area contributed by atoms with Gasteiger partial charge in [-0.2, -0.15) is 0 Å². The zero-order valence-electron chi connectivity index (χ0n) is 11.9. The Morgan fingerprint density at radius 1 is 1.47 bits per heavy atom. The first kappa shape index (κ1) is 14.9. The second-order valence-electron chi connectivity index (χ2n) is 5.90. The standard InChI is InChI=1S/C15H22ClNOS/c1-10-4-6-15(9-16,7-5-10)17-14(18)13-8-11(2)12(3)19-13/h8,10H,4-7,9H2,1-3H3,(H,17,18). The Balaban J connectivity index is 2.08. The van der Waals surface area contributed by atoms with Gasteiger partial charge in [0.15, 0.2) is 0 Å². The van der Waals surface area contributed by atoms with Gasteiger partial charge in [0, 0.05) is 10.8 Å². The fraction of sp³-hybridized carbons (Fsp3) is 0.667. The molecule has 0 saturated heterocycles. The normalized spacial score (nSPS) is 27.3. The quantitative estimate of drug-likeness (QED) is 0.829. The molecule has 1 N–H and O–H groups in total. The average Bonchev–Trinajstić information content (AvgIpc) is 2.73. The lowest BCUT2D eigenvalue weighted by Crippen LogP contribution is -2.52. The number of carbonyl (C=O) groups is 1. The van der Waals surface area contributed by atoms with E-state index in [4.69, 9.17) is 11.6 Å². The van der Waals surface area contributed by atoms with Gasteiger partial charge in [0.2, 0.25) is 0 Å². The summed E-state index contributed by atoms with van der Waals surface area (Å²) in [6, 6.07) is 1.97. The molecule has 2 nitrogen and oxygen atoms in total. The smallest absolute Gasteiger partial charge is 0.261 e. The fourth-order valence-electron chi connectivity index (χ4n) is 2.59. The van der Waals surface area contributed by atoms with Crippen LogP contribution < -0.4 is 5.32 Å². The van der Waals surface area contributed by atoms with E-state index >= 15 is 0 Å². The third-order valence-electron chi connectivity index (χ3n) is 4.26. The minimum absolute atomic E-state index is 0.0383. The van der Waals surface area contributed by atoms with Crippen LogP contribution >= 0.6 is 22.9 Å². The van der Waals surface area contributed by atoms with Crippen LogP contribution in [0.25, 0.3) is 0 Å². The molecule has 0 radical (unpaired) electrons. The van der Waals surface area contributed by atoms with Crippen molar-refractivity contribution < 1.29 is 4.79 Å². The lowest BCUT2D eigenvalue weighted by atomic mass is 9.78. The van der Waals surface area contributed by atoms with E-state index < -0.39 is 0 Å². The van der Waals surface area contributed by atoms with E-state index in [-0.39, 0.29) is 11.4 Å². The van der Waals surface area contributed by atoms with Gasteiger partial charge in [0.25, 0.3) is 5.91 Å². The van der Waals surface area contributed by atoms with Gasteiger partial charge in [-0.3, -0.25) is 4.79 Å². The summed E-state index contributed by atoms with van der Waals surface area (Å²) < 4.78 is 0. The number of thiophene rings is 1. The van der Waals surface area contributed by atoms with Crippen LogP contribution in [0.1, 0.15) is 52.7 Å². The van der Waals surface area contributed by atoms with Crippen LogP contribution in [0.3, 0.4) is 0 Å². The first-order valence-electron chi connectivity index (χ1n) is 6.91. The van der Waals surface area contributed by atoms with E-state index in [1.807, 2.05) is 13.0 Å². The van der Waals surface area contributed by atoms with Crippen molar-refractivity contribution in [2.75, 3.05) is 5.88 Å². The van der Waals surface area contributed by atoms with Crippen molar-refractivity contribution in [2.24, 2.45) is 5.92 Å². The van der Waals surface area contributed by atoms with E-state index in [9.17, 15) is 4.79 Å². The summed E-state index contributed by atoms with van der Waals surface area (Å²) in [5, 5.41) is 3.20. The Kier molecular flexibility index (Phi) is 4.57. The summed E-state index contributed by atoms with van der Waals surface area (Å²) in [5.74, 6) is 1.30. The van der Waals surface area contributed by atoms with Gasteiger partial charge >= 0.3 is 0 Å². The van der Waals surface area contributed by atoms with Crippen LogP contribution in [0.15, 0.2) is 6.07 Å². The third kappa shape index (κ3) is 3.32. The molecule has 0 atom stereocenters. The van der Waals surface area contributed by atoms with Gasteiger partial charge in [-0.25, -0.2) is 0 Å². The first-order chi connectivity index (χ1) is 8.96. The molecule has 0 aliphatic heterocycles. The minimum Gasteiger partial charge on any atom is -0.345 e. The van der Waals surface area contributed by atoms with Gasteiger partial charge in [-0.15, -0.1) is 22.9 Å².